The lowest BCUT2D eigenvalue weighted by atomic mass is 10.2. The predicted molar refractivity (Wildman–Crippen MR) is 67.4 cm³/mol. The summed E-state index contributed by atoms with van der Waals surface area (Å²) >= 11 is 0. The van der Waals surface area contributed by atoms with Crippen LogP contribution in [0.2, 0.25) is 0 Å². The summed E-state index contributed by atoms with van der Waals surface area (Å²) in [5.41, 5.74) is 0. The van der Waals surface area contributed by atoms with Gasteiger partial charge >= 0.3 is 0 Å². The topological polar surface area (TPSA) is 69.4 Å². The molecule has 0 fully saturated rings. The highest BCUT2D eigenvalue weighted by atomic mass is 16.5. The molecule has 0 aliphatic carbocycles. The standard InChI is InChI=1S/C12H23N3O3/c1-5-13-10(8-16-4)7-11-14-12(15-18-11)9(3)17-6-2/h9-10,13H,5-8H2,1-4H3. The van der Waals surface area contributed by atoms with Crippen LogP contribution < -0.4 is 5.32 Å². The Hall–Kier alpha value is -0.980. The third-order valence-electron chi connectivity index (χ3n) is 2.55. The highest BCUT2D eigenvalue weighted by Crippen LogP contribution is 2.13. The van der Waals surface area contributed by atoms with Crippen molar-refractivity contribution in [2.45, 2.75) is 39.3 Å². The Morgan fingerprint density at radius 1 is 1.39 bits per heavy atom. The Morgan fingerprint density at radius 3 is 2.78 bits per heavy atom. The summed E-state index contributed by atoms with van der Waals surface area (Å²) in [6.07, 6.45) is 0.528. The second-order valence-corrected chi connectivity index (χ2v) is 4.06. The largest absolute Gasteiger partial charge is 0.383 e. The molecule has 0 saturated carbocycles. The fourth-order valence-electron chi connectivity index (χ4n) is 1.73. The number of nitrogens with one attached hydrogen (secondary N) is 1. The molecular weight excluding hydrogens is 234 g/mol. The highest BCUT2D eigenvalue weighted by Gasteiger charge is 2.17. The Morgan fingerprint density at radius 2 is 2.17 bits per heavy atom. The second kappa shape index (κ2) is 8.18. The maximum absolute atomic E-state index is 5.42. The maximum atomic E-state index is 5.42. The Balaban J connectivity index is 2.55. The average molecular weight is 257 g/mol. The van der Waals surface area contributed by atoms with Crippen molar-refractivity contribution in [3.8, 4) is 0 Å². The number of rotatable bonds is 9. The van der Waals surface area contributed by atoms with Gasteiger partial charge in [-0.2, -0.15) is 4.98 Å². The minimum Gasteiger partial charge on any atom is -0.383 e. The van der Waals surface area contributed by atoms with Crippen LogP contribution in [0.5, 0.6) is 0 Å². The summed E-state index contributed by atoms with van der Waals surface area (Å²) in [5, 5.41) is 7.24. The van der Waals surface area contributed by atoms with Crippen LogP contribution in [-0.4, -0.2) is 43.1 Å². The van der Waals surface area contributed by atoms with Gasteiger partial charge in [0.1, 0.15) is 6.10 Å². The van der Waals surface area contributed by atoms with Crippen LogP contribution in [0.25, 0.3) is 0 Å². The molecule has 6 nitrogen and oxygen atoms in total. The van der Waals surface area contributed by atoms with Crippen LogP contribution in [0.1, 0.15) is 38.6 Å². The molecule has 1 aromatic rings. The fourth-order valence-corrected chi connectivity index (χ4v) is 1.73. The molecule has 1 aromatic heterocycles. The molecule has 0 aromatic carbocycles. The van der Waals surface area contributed by atoms with E-state index in [0.717, 1.165) is 6.54 Å². The molecule has 0 amide bonds. The zero-order chi connectivity index (χ0) is 13.4. The van der Waals surface area contributed by atoms with E-state index in [2.05, 4.69) is 22.4 Å². The third kappa shape index (κ3) is 4.72. The Labute approximate surface area is 108 Å². The van der Waals surface area contributed by atoms with Crippen molar-refractivity contribution >= 4 is 0 Å². The smallest absolute Gasteiger partial charge is 0.228 e. The lowest BCUT2D eigenvalue weighted by Crippen LogP contribution is -2.35. The summed E-state index contributed by atoms with van der Waals surface area (Å²) in [6.45, 7) is 8.04. The van der Waals surface area contributed by atoms with Crippen molar-refractivity contribution in [2.24, 2.45) is 0 Å². The molecule has 1 N–H and O–H groups in total. The van der Waals surface area contributed by atoms with Gasteiger partial charge in [-0.05, 0) is 20.4 Å². The molecule has 1 heterocycles. The van der Waals surface area contributed by atoms with E-state index in [1.807, 2.05) is 13.8 Å². The summed E-state index contributed by atoms with van der Waals surface area (Å²) in [6, 6.07) is 0.190. The van der Waals surface area contributed by atoms with Crippen molar-refractivity contribution in [3.05, 3.63) is 11.7 Å². The number of nitrogens with zero attached hydrogens (tertiary/aromatic N) is 2. The molecule has 18 heavy (non-hydrogen) atoms. The fraction of sp³-hybridized carbons (Fsp3) is 0.833. The first-order valence-corrected chi connectivity index (χ1v) is 6.37. The van der Waals surface area contributed by atoms with E-state index >= 15 is 0 Å². The van der Waals surface area contributed by atoms with Gasteiger partial charge in [0.25, 0.3) is 0 Å². The number of methoxy groups -OCH3 is 1. The van der Waals surface area contributed by atoms with Crippen LogP contribution in [0.15, 0.2) is 4.52 Å². The van der Waals surface area contributed by atoms with Crippen LogP contribution in [0.4, 0.5) is 0 Å². The molecule has 0 spiro atoms. The lowest BCUT2D eigenvalue weighted by molar-refractivity contribution is 0.0683. The normalized spacial score (nSPS) is 14.7. The molecule has 1 rings (SSSR count). The third-order valence-corrected chi connectivity index (χ3v) is 2.55. The molecular formula is C12H23N3O3. The molecule has 0 aliphatic heterocycles. The summed E-state index contributed by atoms with van der Waals surface area (Å²) in [7, 11) is 1.68. The first kappa shape index (κ1) is 15.1. The monoisotopic (exact) mass is 257 g/mol. The van der Waals surface area contributed by atoms with Crippen LogP contribution in [-0.2, 0) is 15.9 Å². The summed E-state index contributed by atoms with van der Waals surface area (Å²) in [5.74, 6) is 1.21. The van der Waals surface area contributed by atoms with Crippen molar-refractivity contribution < 1.29 is 14.0 Å². The quantitative estimate of drug-likeness (QED) is 0.720. The number of likely N-dealkylation sites (N-methyl/N-ethyl adjacent to an activating group) is 1. The first-order chi connectivity index (χ1) is 8.71. The highest BCUT2D eigenvalue weighted by molar-refractivity contribution is 4.92. The van der Waals surface area contributed by atoms with Gasteiger partial charge in [0.2, 0.25) is 5.89 Å². The van der Waals surface area contributed by atoms with E-state index in [0.29, 0.717) is 31.3 Å². The van der Waals surface area contributed by atoms with Crippen LogP contribution >= 0.6 is 0 Å². The van der Waals surface area contributed by atoms with Crippen LogP contribution in [0.3, 0.4) is 0 Å². The zero-order valence-corrected chi connectivity index (χ0v) is 11.6. The van der Waals surface area contributed by atoms with Gasteiger partial charge in [-0.1, -0.05) is 12.1 Å². The van der Waals surface area contributed by atoms with Crippen molar-refractivity contribution in [3.63, 3.8) is 0 Å². The number of hydrogen-bond acceptors (Lipinski definition) is 6. The Kier molecular flexibility index (Phi) is 6.85. The van der Waals surface area contributed by atoms with Crippen LogP contribution in [0, 0.1) is 0 Å². The van der Waals surface area contributed by atoms with E-state index in [1.54, 1.807) is 7.11 Å². The molecule has 0 bridgehead atoms. The van der Waals surface area contributed by atoms with E-state index in [9.17, 15) is 0 Å². The van der Waals surface area contributed by atoms with Crippen molar-refractivity contribution in [1.82, 2.24) is 15.5 Å². The van der Waals surface area contributed by atoms with Gasteiger partial charge in [0, 0.05) is 26.2 Å². The summed E-state index contributed by atoms with van der Waals surface area (Å²) in [4.78, 5) is 4.33. The van der Waals surface area contributed by atoms with E-state index < -0.39 is 0 Å². The van der Waals surface area contributed by atoms with Gasteiger partial charge in [0.15, 0.2) is 5.82 Å². The van der Waals surface area contributed by atoms with E-state index in [1.165, 1.54) is 0 Å². The lowest BCUT2D eigenvalue weighted by Gasteiger charge is -2.14. The number of hydrogen-bond donors (Lipinski definition) is 1. The SMILES string of the molecule is CCNC(COC)Cc1nc(C(C)OCC)no1. The van der Waals surface area contributed by atoms with Gasteiger partial charge in [-0.15, -0.1) is 0 Å². The summed E-state index contributed by atoms with van der Waals surface area (Å²) < 4.78 is 15.8. The molecule has 2 atom stereocenters. The maximum Gasteiger partial charge on any atom is 0.228 e. The molecule has 0 radical (unpaired) electrons. The average Bonchev–Trinajstić information content (AvgIpc) is 2.78. The number of ether oxygens (including phenoxy) is 2. The second-order valence-electron chi connectivity index (χ2n) is 4.06. The molecule has 104 valence electrons. The first-order valence-electron chi connectivity index (χ1n) is 6.37. The Bertz CT molecular complexity index is 324. The van der Waals surface area contributed by atoms with Gasteiger partial charge in [-0.3, -0.25) is 0 Å². The van der Waals surface area contributed by atoms with Crippen molar-refractivity contribution in [1.29, 1.82) is 0 Å². The molecule has 2 unspecified atom stereocenters. The predicted octanol–water partition coefficient (Wildman–Crippen LogP) is 1.33. The zero-order valence-electron chi connectivity index (χ0n) is 11.6. The van der Waals surface area contributed by atoms with Gasteiger partial charge < -0.3 is 19.3 Å². The number of aromatic nitrogens is 2. The van der Waals surface area contributed by atoms with E-state index in [-0.39, 0.29) is 12.1 Å². The molecule has 0 saturated heterocycles. The van der Waals surface area contributed by atoms with E-state index in [4.69, 9.17) is 14.0 Å². The molecule has 6 heteroatoms. The minimum absolute atomic E-state index is 0.132. The molecule has 0 aliphatic rings. The minimum atomic E-state index is -0.132. The van der Waals surface area contributed by atoms with Gasteiger partial charge in [0.05, 0.1) is 6.61 Å². The van der Waals surface area contributed by atoms with Crippen molar-refractivity contribution in [2.75, 3.05) is 26.9 Å². The van der Waals surface area contributed by atoms with Gasteiger partial charge in [-0.25, -0.2) is 0 Å².